The zero-order chi connectivity index (χ0) is 24.5. The van der Waals surface area contributed by atoms with Crippen LogP contribution in [0, 0.1) is 17.0 Å². The number of aryl methyl sites for hydroxylation is 1. The van der Waals surface area contributed by atoms with E-state index in [0.717, 1.165) is 42.4 Å². The van der Waals surface area contributed by atoms with E-state index in [1.807, 2.05) is 31.2 Å². The van der Waals surface area contributed by atoms with Crippen LogP contribution in [-0.4, -0.2) is 39.5 Å². The van der Waals surface area contributed by atoms with Gasteiger partial charge in [0.1, 0.15) is 6.04 Å². The quantitative estimate of drug-likeness (QED) is 0.379. The lowest BCUT2D eigenvalue weighted by Crippen LogP contribution is -2.50. The molecule has 1 atom stereocenters. The topological polar surface area (TPSA) is 92.6 Å². The van der Waals surface area contributed by atoms with E-state index < -0.39 is 11.0 Å². The monoisotopic (exact) mass is 483 g/mol. The zero-order valence-electron chi connectivity index (χ0n) is 19.9. The van der Waals surface area contributed by atoms with Crippen LogP contribution in [-0.2, 0) is 21.9 Å². The summed E-state index contributed by atoms with van der Waals surface area (Å²) in [6.45, 7) is 4.18. The minimum absolute atomic E-state index is 0.0481. The second-order valence-electron chi connectivity index (χ2n) is 8.95. The van der Waals surface area contributed by atoms with E-state index in [1.165, 1.54) is 30.3 Å². The maximum atomic E-state index is 13.2. The lowest BCUT2D eigenvalue weighted by molar-refractivity contribution is -0.384. The summed E-state index contributed by atoms with van der Waals surface area (Å²) in [4.78, 5) is 38.3. The molecule has 0 aliphatic heterocycles. The van der Waals surface area contributed by atoms with Gasteiger partial charge in [-0.05, 0) is 37.8 Å². The Labute approximate surface area is 205 Å². The second-order valence-corrected chi connectivity index (χ2v) is 9.93. The van der Waals surface area contributed by atoms with Crippen LogP contribution < -0.4 is 5.32 Å². The number of thioether (sulfide) groups is 1. The number of nitrogens with one attached hydrogen (secondary N) is 1. The van der Waals surface area contributed by atoms with E-state index in [0.29, 0.717) is 12.3 Å². The Bertz CT molecular complexity index is 990. The van der Waals surface area contributed by atoms with Crippen LogP contribution in [0.25, 0.3) is 0 Å². The molecule has 7 nitrogen and oxygen atoms in total. The van der Waals surface area contributed by atoms with E-state index >= 15 is 0 Å². The number of carbonyl (C=O) groups excluding carboxylic acids is 2. The molecule has 0 radical (unpaired) electrons. The van der Waals surface area contributed by atoms with Crippen molar-refractivity contribution >= 4 is 29.3 Å². The summed E-state index contributed by atoms with van der Waals surface area (Å²) in [7, 11) is 0. The molecule has 1 unspecified atom stereocenters. The molecule has 2 amide bonds. The molecule has 8 heteroatoms. The first-order valence-electron chi connectivity index (χ1n) is 11.8. The molecule has 0 heterocycles. The first kappa shape index (κ1) is 25.7. The fraction of sp³-hybridized carbons (Fsp3) is 0.462. The summed E-state index contributed by atoms with van der Waals surface area (Å²) in [6.07, 6.45) is 5.46. The number of hydrogen-bond acceptors (Lipinski definition) is 5. The first-order valence-corrected chi connectivity index (χ1v) is 13.0. The number of nitrogens with zero attached hydrogens (tertiary/aromatic N) is 2. The summed E-state index contributed by atoms with van der Waals surface area (Å²) in [5, 5.41) is 14.0. The van der Waals surface area contributed by atoms with Gasteiger partial charge in [-0.25, -0.2) is 0 Å². The van der Waals surface area contributed by atoms with E-state index in [2.05, 4.69) is 5.32 Å². The van der Waals surface area contributed by atoms with Crippen LogP contribution in [0.2, 0.25) is 0 Å². The Morgan fingerprint density at radius 2 is 1.82 bits per heavy atom. The number of carbonyl (C=O) groups is 2. The number of hydrogen-bond donors (Lipinski definition) is 1. The standard InChI is InChI=1S/C26H33N3O4S/c1-19-7-6-8-22(15-19)16-28(20(2)26(31)27-23-9-4-3-5-10-23)25(30)18-34-17-21-11-13-24(14-12-21)29(32)33/h6-8,11-15,20,23H,3-5,9-10,16-18H2,1-2H3,(H,27,31). The fourth-order valence-electron chi connectivity index (χ4n) is 4.21. The van der Waals surface area contributed by atoms with Gasteiger partial charge in [-0.1, -0.05) is 61.2 Å². The van der Waals surface area contributed by atoms with Crippen molar-refractivity contribution in [3.63, 3.8) is 0 Å². The molecule has 1 N–H and O–H groups in total. The van der Waals surface area contributed by atoms with Crippen molar-refractivity contribution in [3.8, 4) is 0 Å². The van der Waals surface area contributed by atoms with Gasteiger partial charge in [-0.2, -0.15) is 0 Å². The summed E-state index contributed by atoms with van der Waals surface area (Å²) in [6, 6.07) is 14.0. The zero-order valence-corrected chi connectivity index (χ0v) is 20.7. The van der Waals surface area contributed by atoms with Gasteiger partial charge in [-0.15, -0.1) is 11.8 Å². The Balaban J connectivity index is 1.64. The van der Waals surface area contributed by atoms with Crippen LogP contribution >= 0.6 is 11.8 Å². The van der Waals surface area contributed by atoms with Crippen molar-refractivity contribution in [1.82, 2.24) is 10.2 Å². The van der Waals surface area contributed by atoms with Crippen LogP contribution in [0.15, 0.2) is 48.5 Å². The van der Waals surface area contributed by atoms with Gasteiger partial charge in [0.05, 0.1) is 10.7 Å². The molecule has 3 rings (SSSR count). The summed E-state index contributed by atoms with van der Waals surface area (Å²) in [5.74, 6) is 0.585. The molecule has 34 heavy (non-hydrogen) atoms. The fourth-order valence-corrected chi connectivity index (χ4v) is 5.08. The van der Waals surface area contributed by atoms with Gasteiger partial charge in [0.25, 0.3) is 5.69 Å². The number of rotatable bonds is 10. The van der Waals surface area contributed by atoms with Crippen LogP contribution in [0.4, 0.5) is 5.69 Å². The maximum absolute atomic E-state index is 13.2. The van der Waals surface area contributed by atoms with Gasteiger partial charge < -0.3 is 10.2 Å². The van der Waals surface area contributed by atoms with E-state index in [1.54, 1.807) is 24.0 Å². The Morgan fingerprint density at radius 1 is 1.12 bits per heavy atom. The van der Waals surface area contributed by atoms with Crippen molar-refractivity contribution in [3.05, 3.63) is 75.3 Å². The molecule has 1 fully saturated rings. The minimum Gasteiger partial charge on any atom is -0.352 e. The second kappa shape index (κ2) is 12.6. The normalized spacial score (nSPS) is 14.9. The molecular weight excluding hydrogens is 450 g/mol. The summed E-state index contributed by atoms with van der Waals surface area (Å²) < 4.78 is 0. The number of nitro groups is 1. The van der Waals surface area contributed by atoms with Crippen molar-refractivity contribution in [1.29, 1.82) is 0 Å². The minimum atomic E-state index is -0.574. The van der Waals surface area contributed by atoms with Gasteiger partial charge in [0, 0.05) is 30.5 Å². The van der Waals surface area contributed by atoms with Crippen LogP contribution in [0.5, 0.6) is 0 Å². The average molecular weight is 484 g/mol. The highest BCUT2D eigenvalue weighted by molar-refractivity contribution is 7.99. The molecule has 2 aromatic carbocycles. The highest BCUT2D eigenvalue weighted by Crippen LogP contribution is 2.20. The van der Waals surface area contributed by atoms with Crippen LogP contribution in [0.1, 0.15) is 55.7 Å². The lowest BCUT2D eigenvalue weighted by Gasteiger charge is -2.31. The SMILES string of the molecule is Cc1cccc(CN(C(=O)CSCc2ccc([N+](=O)[O-])cc2)C(C)C(=O)NC2CCCCC2)c1. The average Bonchev–Trinajstić information content (AvgIpc) is 2.83. The van der Waals surface area contributed by atoms with Crippen molar-refractivity contribution in [2.75, 3.05) is 5.75 Å². The molecular formula is C26H33N3O4S. The van der Waals surface area contributed by atoms with E-state index in [-0.39, 0.29) is 29.3 Å². The predicted molar refractivity (Wildman–Crippen MR) is 135 cm³/mol. The molecule has 0 aromatic heterocycles. The third-order valence-corrected chi connectivity index (χ3v) is 7.18. The van der Waals surface area contributed by atoms with Crippen molar-refractivity contribution in [2.24, 2.45) is 0 Å². The maximum Gasteiger partial charge on any atom is 0.269 e. The van der Waals surface area contributed by atoms with Crippen molar-refractivity contribution < 1.29 is 14.5 Å². The van der Waals surface area contributed by atoms with Crippen LogP contribution in [0.3, 0.4) is 0 Å². The number of benzene rings is 2. The van der Waals surface area contributed by atoms with Gasteiger partial charge in [0.2, 0.25) is 11.8 Å². The molecule has 1 saturated carbocycles. The first-order chi connectivity index (χ1) is 16.3. The third kappa shape index (κ3) is 7.58. The summed E-state index contributed by atoms with van der Waals surface area (Å²) in [5.41, 5.74) is 3.06. The largest absolute Gasteiger partial charge is 0.352 e. The predicted octanol–water partition coefficient (Wildman–Crippen LogP) is 5.00. The summed E-state index contributed by atoms with van der Waals surface area (Å²) >= 11 is 1.44. The van der Waals surface area contributed by atoms with Gasteiger partial charge in [-0.3, -0.25) is 19.7 Å². The molecule has 182 valence electrons. The Kier molecular flexibility index (Phi) is 9.51. The number of amides is 2. The van der Waals surface area contributed by atoms with Crippen molar-refractivity contribution in [2.45, 2.75) is 70.3 Å². The Hall–Kier alpha value is -2.87. The van der Waals surface area contributed by atoms with Gasteiger partial charge in [0.15, 0.2) is 0 Å². The molecule has 0 spiro atoms. The highest BCUT2D eigenvalue weighted by Gasteiger charge is 2.28. The number of nitro benzene ring substituents is 1. The molecule has 0 bridgehead atoms. The Morgan fingerprint density at radius 3 is 2.47 bits per heavy atom. The molecule has 2 aromatic rings. The lowest BCUT2D eigenvalue weighted by atomic mass is 9.95. The third-order valence-electron chi connectivity index (χ3n) is 6.20. The molecule has 1 aliphatic rings. The van der Waals surface area contributed by atoms with E-state index in [9.17, 15) is 19.7 Å². The van der Waals surface area contributed by atoms with E-state index in [4.69, 9.17) is 0 Å². The molecule has 0 saturated heterocycles. The number of non-ortho nitro benzene ring substituents is 1. The highest BCUT2D eigenvalue weighted by atomic mass is 32.2. The molecule has 1 aliphatic carbocycles. The smallest absolute Gasteiger partial charge is 0.269 e. The van der Waals surface area contributed by atoms with Gasteiger partial charge >= 0.3 is 0 Å².